The van der Waals surface area contributed by atoms with E-state index >= 15 is 0 Å². The molecule has 0 spiro atoms. The minimum Gasteiger partial charge on any atom is -0.394 e. The first-order chi connectivity index (χ1) is 8.47. The summed E-state index contributed by atoms with van der Waals surface area (Å²) in [5.41, 5.74) is 0. The zero-order valence-corrected chi connectivity index (χ0v) is 9.55. The number of hydroxylamine groups is 2. The largest absolute Gasteiger partial charge is 0.394 e. The molecule has 0 radical (unpaired) electrons. The van der Waals surface area contributed by atoms with Crippen molar-refractivity contribution < 1.29 is 40.0 Å². The molecular weight excluding hydrogens is 250 g/mol. The molecule has 9 heteroatoms. The lowest BCUT2D eigenvalue weighted by molar-refractivity contribution is -0.182. The molecule has 9 nitrogen and oxygen atoms in total. The Morgan fingerprint density at radius 1 is 1.28 bits per heavy atom. The predicted octanol–water partition coefficient (Wildman–Crippen LogP) is -3.99. The van der Waals surface area contributed by atoms with E-state index in [0.29, 0.717) is 5.06 Å². The molecule has 0 aliphatic carbocycles. The van der Waals surface area contributed by atoms with Crippen LogP contribution in [0.25, 0.3) is 0 Å². The number of aliphatic hydroxyl groups is 5. The zero-order valence-electron chi connectivity index (χ0n) is 9.55. The second kappa shape index (κ2) is 8.91. The van der Waals surface area contributed by atoms with E-state index in [1.165, 1.54) is 0 Å². The molecule has 0 bridgehead atoms. The van der Waals surface area contributed by atoms with Gasteiger partial charge in [-0.3, -0.25) is 14.4 Å². The Morgan fingerprint density at radius 3 is 2.33 bits per heavy atom. The minimum atomic E-state index is -1.95. The topological polar surface area (TPSA) is 148 Å². The number of Topliss-reactive ketones (excluding diaryl/α,β-unsaturated/α-hetero) is 1. The van der Waals surface area contributed by atoms with E-state index in [2.05, 4.69) is 4.84 Å². The third-order valence-corrected chi connectivity index (χ3v) is 2.05. The molecule has 0 aliphatic rings. The Balaban J connectivity index is 4.19. The normalized spacial score (nSPS) is 15.8. The van der Waals surface area contributed by atoms with Gasteiger partial charge in [-0.15, -0.1) is 0 Å². The number of carbonyl (C=O) groups is 2. The van der Waals surface area contributed by atoms with Gasteiger partial charge in [0, 0.05) is 0 Å². The van der Waals surface area contributed by atoms with Crippen LogP contribution in [-0.4, -0.2) is 87.5 Å². The van der Waals surface area contributed by atoms with Crippen molar-refractivity contribution in [2.75, 3.05) is 26.4 Å². The molecule has 0 saturated carbocycles. The maximum atomic E-state index is 11.3. The quantitative estimate of drug-likeness (QED) is 0.199. The fraction of sp³-hybridized carbons (Fsp3) is 0.778. The van der Waals surface area contributed by atoms with Crippen LogP contribution in [0, 0.1) is 0 Å². The van der Waals surface area contributed by atoms with Crippen molar-refractivity contribution in [3.63, 3.8) is 0 Å². The van der Waals surface area contributed by atoms with E-state index in [9.17, 15) is 19.8 Å². The number of nitrogens with zero attached hydrogens (tertiary/aromatic N) is 1. The fourth-order valence-electron chi connectivity index (χ4n) is 0.987. The number of ketones is 1. The predicted molar refractivity (Wildman–Crippen MR) is 55.9 cm³/mol. The Kier molecular flexibility index (Phi) is 8.37. The molecule has 0 aromatic heterocycles. The van der Waals surface area contributed by atoms with Crippen molar-refractivity contribution in [3.05, 3.63) is 0 Å². The smallest absolute Gasteiger partial charge is 0.233 e. The van der Waals surface area contributed by atoms with E-state index in [1.807, 2.05) is 0 Å². The van der Waals surface area contributed by atoms with E-state index < -0.39 is 37.3 Å². The first kappa shape index (κ1) is 16.9. The van der Waals surface area contributed by atoms with Gasteiger partial charge < -0.3 is 25.5 Å². The highest BCUT2D eigenvalue weighted by molar-refractivity contribution is 5.84. The van der Waals surface area contributed by atoms with Crippen LogP contribution in [0.5, 0.6) is 0 Å². The van der Waals surface area contributed by atoms with Crippen LogP contribution in [0.1, 0.15) is 0 Å². The molecule has 0 heterocycles. The minimum absolute atomic E-state index is 0.158. The van der Waals surface area contributed by atoms with Gasteiger partial charge in [0.05, 0.1) is 19.8 Å². The summed E-state index contributed by atoms with van der Waals surface area (Å²) in [4.78, 5) is 26.3. The summed E-state index contributed by atoms with van der Waals surface area (Å²) >= 11 is 0. The number of hydrogen-bond donors (Lipinski definition) is 5. The third kappa shape index (κ3) is 5.49. The SMILES string of the molecule is O=CN(CCO)OCC(=O)[C@H](O)[C@@H](O)[C@H](O)CO. The maximum absolute atomic E-state index is 11.3. The molecule has 5 N–H and O–H groups in total. The average Bonchev–Trinajstić information content (AvgIpc) is 2.40. The Morgan fingerprint density at radius 2 is 1.89 bits per heavy atom. The van der Waals surface area contributed by atoms with Gasteiger partial charge in [-0.05, 0) is 0 Å². The Bertz CT molecular complexity index is 261. The second-order valence-corrected chi connectivity index (χ2v) is 3.39. The fourth-order valence-corrected chi connectivity index (χ4v) is 0.987. The zero-order chi connectivity index (χ0) is 14.1. The summed E-state index contributed by atoms with van der Waals surface area (Å²) in [5.74, 6) is -0.986. The van der Waals surface area contributed by atoms with Gasteiger partial charge in [-0.1, -0.05) is 0 Å². The van der Waals surface area contributed by atoms with Crippen LogP contribution >= 0.6 is 0 Å². The number of aliphatic hydroxyl groups excluding tert-OH is 5. The molecule has 0 aromatic rings. The van der Waals surface area contributed by atoms with E-state index in [-0.39, 0.29) is 19.6 Å². The van der Waals surface area contributed by atoms with Gasteiger partial charge in [0.2, 0.25) is 6.41 Å². The third-order valence-electron chi connectivity index (χ3n) is 2.05. The van der Waals surface area contributed by atoms with Crippen molar-refractivity contribution in [2.45, 2.75) is 18.3 Å². The Hall–Kier alpha value is -1.10. The first-order valence-corrected chi connectivity index (χ1v) is 5.11. The van der Waals surface area contributed by atoms with Gasteiger partial charge in [-0.2, -0.15) is 0 Å². The van der Waals surface area contributed by atoms with Gasteiger partial charge >= 0.3 is 0 Å². The standard InChI is InChI=1S/C9H17NO8/c11-2-1-10(5-13)18-4-7(15)9(17)8(16)6(14)3-12/h5-6,8-9,11-12,14,16-17H,1-4H2/t6-,8+,9+/m1/s1. The van der Waals surface area contributed by atoms with Crippen molar-refractivity contribution in [1.29, 1.82) is 0 Å². The number of amides is 1. The van der Waals surface area contributed by atoms with Gasteiger partial charge in [-0.25, -0.2) is 5.06 Å². The van der Waals surface area contributed by atoms with Gasteiger partial charge in [0.15, 0.2) is 5.78 Å². The summed E-state index contributed by atoms with van der Waals surface area (Å²) < 4.78 is 0. The van der Waals surface area contributed by atoms with E-state index in [1.54, 1.807) is 0 Å². The van der Waals surface area contributed by atoms with E-state index in [0.717, 1.165) is 0 Å². The molecule has 18 heavy (non-hydrogen) atoms. The van der Waals surface area contributed by atoms with E-state index in [4.69, 9.17) is 15.3 Å². The summed E-state index contributed by atoms with van der Waals surface area (Å²) in [6, 6.07) is 0. The van der Waals surface area contributed by atoms with Crippen molar-refractivity contribution in [2.24, 2.45) is 0 Å². The lowest BCUT2D eigenvalue weighted by atomic mass is 10.1. The summed E-state index contributed by atoms with van der Waals surface area (Å²) in [6.07, 6.45) is -5.23. The van der Waals surface area contributed by atoms with Crippen LogP contribution in [0.3, 0.4) is 0 Å². The number of hydrogen-bond acceptors (Lipinski definition) is 8. The number of carbonyl (C=O) groups excluding carboxylic acids is 2. The highest BCUT2D eigenvalue weighted by atomic mass is 16.7. The molecular formula is C9H17NO8. The molecule has 0 aliphatic heterocycles. The lowest BCUT2D eigenvalue weighted by Crippen LogP contribution is -2.45. The van der Waals surface area contributed by atoms with Crippen molar-refractivity contribution in [1.82, 2.24) is 5.06 Å². The second-order valence-electron chi connectivity index (χ2n) is 3.39. The first-order valence-electron chi connectivity index (χ1n) is 5.11. The molecule has 3 atom stereocenters. The lowest BCUT2D eigenvalue weighted by Gasteiger charge is -2.21. The monoisotopic (exact) mass is 267 g/mol. The van der Waals surface area contributed by atoms with Gasteiger partial charge in [0.25, 0.3) is 0 Å². The summed E-state index contributed by atoms with van der Waals surface area (Å²) in [7, 11) is 0. The van der Waals surface area contributed by atoms with Gasteiger partial charge in [0.1, 0.15) is 24.9 Å². The molecule has 106 valence electrons. The summed E-state index contributed by atoms with van der Waals surface area (Å²) in [6.45, 7) is -2.08. The van der Waals surface area contributed by atoms with Crippen LogP contribution < -0.4 is 0 Å². The highest BCUT2D eigenvalue weighted by Gasteiger charge is 2.30. The highest BCUT2D eigenvalue weighted by Crippen LogP contribution is 2.02. The molecule has 0 fully saturated rings. The van der Waals surface area contributed by atoms with Crippen LogP contribution in [0.15, 0.2) is 0 Å². The molecule has 0 unspecified atom stereocenters. The molecule has 1 amide bonds. The van der Waals surface area contributed by atoms with Crippen LogP contribution in [-0.2, 0) is 14.4 Å². The van der Waals surface area contributed by atoms with Crippen molar-refractivity contribution in [3.8, 4) is 0 Å². The average molecular weight is 267 g/mol. The van der Waals surface area contributed by atoms with Crippen molar-refractivity contribution >= 4 is 12.2 Å². The van der Waals surface area contributed by atoms with Crippen LogP contribution in [0.2, 0.25) is 0 Å². The molecule has 0 saturated heterocycles. The maximum Gasteiger partial charge on any atom is 0.233 e. The molecule has 0 aromatic carbocycles. The summed E-state index contributed by atoms with van der Waals surface area (Å²) in [5, 5.41) is 45.2. The Labute approximate surface area is 103 Å². The molecule has 0 rings (SSSR count). The number of rotatable bonds is 10. The van der Waals surface area contributed by atoms with Crippen LogP contribution in [0.4, 0.5) is 0 Å².